The summed E-state index contributed by atoms with van der Waals surface area (Å²) in [5.41, 5.74) is 1.84. The molecule has 1 aliphatic heterocycles. The number of rotatable bonds is 4. The van der Waals surface area contributed by atoms with E-state index >= 15 is 0 Å². The second-order valence-corrected chi connectivity index (χ2v) is 5.49. The van der Waals surface area contributed by atoms with Crippen LogP contribution in [-0.2, 0) is 4.79 Å². The van der Waals surface area contributed by atoms with Gasteiger partial charge in [0.2, 0.25) is 5.91 Å². The van der Waals surface area contributed by atoms with Crippen molar-refractivity contribution in [1.29, 1.82) is 0 Å². The molecular weight excluding hydrogens is 262 g/mol. The summed E-state index contributed by atoms with van der Waals surface area (Å²) in [6.45, 7) is 3.78. The third-order valence-corrected chi connectivity index (χ3v) is 3.98. The second kappa shape index (κ2) is 6.22. The number of carbonyl (C=O) groups is 1. The van der Waals surface area contributed by atoms with E-state index in [1.807, 2.05) is 35.2 Å². The minimum absolute atomic E-state index is 0.0577. The Morgan fingerprint density at radius 1 is 1.33 bits per heavy atom. The smallest absolute Gasteiger partial charge is 0.244 e. The molecule has 0 radical (unpaired) electrons. The summed E-state index contributed by atoms with van der Waals surface area (Å²) in [5.74, 6) is 0.174. The summed E-state index contributed by atoms with van der Waals surface area (Å²) in [5, 5.41) is 4.43. The predicted molar refractivity (Wildman–Crippen MR) is 85.4 cm³/mol. The number of carbonyl (C=O) groups excluding carboxylic acids is 1. The van der Waals surface area contributed by atoms with E-state index in [0.29, 0.717) is 0 Å². The first-order valence-corrected chi connectivity index (χ1v) is 7.69. The van der Waals surface area contributed by atoms with Crippen molar-refractivity contribution in [3.63, 3.8) is 0 Å². The minimum Gasteiger partial charge on any atom is -0.309 e. The van der Waals surface area contributed by atoms with E-state index in [4.69, 9.17) is 0 Å². The Bertz CT molecular complexity index is 635. The fraction of sp³-hybridized carbons (Fsp3) is 0.412. The third-order valence-electron chi connectivity index (χ3n) is 3.98. The van der Waals surface area contributed by atoms with Gasteiger partial charge >= 0.3 is 0 Å². The number of piperidine rings is 1. The lowest BCUT2D eigenvalue weighted by molar-refractivity contribution is -0.121. The summed E-state index contributed by atoms with van der Waals surface area (Å²) in [4.78, 5) is 19.1. The Morgan fingerprint density at radius 2 is 2.19 bits per heavy atom. The summed E-state index contributed by atoms with van der Waals surface area (Å²) >= 11 is 0. The lowest BCUT2D eigenvalue weighted by Crippen LogP contribution is -2.51. The highest BCUT2D eigenvalue weighted by Gasteiger charge is 2.29. The van der Waals surface area contributed by atoms with Crippen molar-refractivity contribution in [3.05, 3.63) is 36.5 Å². The number of hydrogen-bond donors (Lipinski definition) is 1. The van der Waals surface area contributed by atoms with Gasteiger partial charge in [0.1, 0.15) is 0 Å². The lowest BCUT2D eigenvalue weighted by Gasteiger charge is -2.33. The summed E-state index contributed by atoms with van der Waals surface area (Å²) in [6.07, 6.45) is 4.77. The summed E-state index contributed by atoms with van der Waals surface area (Å²) in [7, 11) is 0. The summed E-state index contributed by atoms with van der Waals surface area (Å²) in [6, 6.07) is 9.93. The van der Waals surface area contributed by atoms with E-state index < -0.39 is 0 Å². The normalized spacial score (nSPS) is 19.2. The largest absolute Gasteiger partial charge is 0.309 e. The molecule has 1 aromatic carbocycles. The average Bonchev–Trinajstić information content (AvgIpc) is 2.53. The molecule has 1 N–H and O–H groups in total. The molecule has 1 atom stereocenters. The number of hydrogen-bond acceptors (Lipinski definition) is 3. The Hall–Kier alpha value is -1.94. The van der Waals surface area contributed by atoms with E-state index in [-0.39, 0.29) is 11.9 Å². The fourth-order valence-electron chi connectivity index (χ4n) is 2.93. The standard InChI is InChI=1S/C17H21N3O/c1-2-10-18-14-8-5-12-20(17(14)21)15-9-3-6-13-7-4-11-19-16(13)15/h3-4,6-7,9,11,14,18H,2,5,8,10,12H2,1H3. The van der Waals surface area contributed by atoms with Crippen LogP contribution in [0.5, 0.6) is 0 Å². The molecule has 1 unspecified atom stereocenters. The van der Waals surface area contributed by atoms with E-state index in [1.54, 1.807) is 6.20 Å². The Labute approximate surface area is 125 Å². The van der Waals surface area contributed by atoms with Gasteiger partial charge in [0.25, 0.3) is 0 Å². The van der Waals surface area contributed by atoms with Gasteiger partial charge in [-0.1, -0.05) is 25.1 Å². The van der Waals surface area contributed by atoms with Crippen molar-refractivity contribution in [1.82, 2.24) is 10.3 Å². The van der Waals surface area contributed by atoms with Crippen LogP contribution in [0, 0.1) is 0 Å². The first-order valence-electron chi connectivity index (χ1n) is 7.69. The van der Waals surface area contributed by atoms with Crippen molar-refractivity contribution < 1.29 is 4.79 Å². The molecule has 2 aromatic rings. The topological polar surface area (TPSA) is 45.2 Å². The number of amides is 1. The Balaban J connectivity index is 1.92. The molecular formula is C17H21N3O. The van der Waals surface area contributed by atoms with Gasteiger partial charge in [0, 0.05) is 18.1 Å². The van der Waals surface area contributed by atoms with Crippen LogP contribution in [0.25, 0.3) is 10.9 Å². The highest BCUT2D eigenvalue weighted by molar-refractivity contribution is 6.04. The van der Waals surface area contributed by atoms with Crippen LogP contribution in [0.15, 0.2) is 36.5 Å². The quantitative estimate of drug-likeness (QED) is 0.938. The Kier molecular flexibility index (Phi) is 4.15. The maximum atomic E-state index is 12.7. The summed E-state index contributed by atoms with van der Waals surface area (Å²) < 4.78 is 0. The number of nitrogens with zero attached hydrogens (tertiary/aromatic N) is 2. The lowest BCUT2D eigenvalue weighted by atomic mass is 10.0. The van der Waals surface area contributed by atoms with Crippen LogP contribution >= 0.6 is 0 Å². The molecule has 21 heavy (non-hydrogen) atoms. The molecule has 4 heteroatoms. The molecule has 4 nitrogen and oxygen atoms in total. The number of fused-ring (bicyclic) bond motifs is 1. The highest BCUT2D eigenvalue weighted by atomic mass is 16.2. The minimum atomic E-state index is -0.0577. The molecule has 1 amide bonds. The number of anilines is 1. The van der Waals surface area contributed by atoms with Gasteiger partial charge in [-0.25, -0.2) is 0 Å². The molecule has 0 bridgehead atoms. The maximum Gasteiger partial charge on any atom is 0.244 e. The van der Waals surface area contributed by atoms with Crippen molar-refractivity contribution >= 4 is 22.5 Å². The fourth-order valence-corrected chi connectivity index (χ4v) is 2.93. The molecule has 0 spiro atoms. The van der Waals surface area contributed by atoms with Crippen molar-refractivity contribution in [2.24, 2.45) is 0 Å². The van der Waals surface area contributed by atoms with E-state index in [0.717, 1.165) is 48.9 Å². The van der Waals surface area contributed by atoms with Gasteiger partial charge in [-0.3, -0.25) is 9.78 Å². The van der Waals surface area contributed by atoms with Crippen LogP contribution in [0.1, 0.15) is 26.2 Å². The molecule has 3 rings (SSSR count). The van der Waals surface area contributed by atoms with Gasteiger partial charge in [-0.2, -0.15) is 0 Å². The Morgan fingerprint density at radius 3 is 3.05 bits per heavy atom. The van der Waals surface area contributed by atoms with Crippen LogP contribution in [-0.4, -0.2) is 30.0 Å². The van der Waals surface area contributed by atoms with Crippen molar-refractivity contribution in [2.45, 2.75) is 32.2 Å². The molecule has 1 fully saturated rings. The molecule has 2 heterocycles. The molecule has 110 valence electrons. The number of pyridine rings is 1. The zero-order chi connectivity index (χ0) is 14.7. The average molecular weight is 283 g/mol. The molecule has 0 aliphatic carbocycles. The molecule has 1 aliphatic rings. The number of nitrogens with one attached hydrogen (secondary N) is 1. The number of para-hydroxylation sites is 1. The first-order chi connectivity index (χ1) is 10.3. The van der Waals surface area contributed by atoms with Crippen LogP contribution in [0.4, 0.5) is 5.69 Å². The SMILES string of the molecule is CCCNC1CCCN(c2cccc3cccnc23)C1=O. The molecule has 1 saturated heterocycles. The number of benzene rings is 1. The maximum absolute atomic E-state index is 12.7. The third kappa shape index (κ3) is 2.76. The number of aromatic nitrogens is 1. The highest BCUT2D eigenvalue weighted by Crippen LogP contribution is 2.27. The molecule has 1 aromatic heterocycles. The zero-order valence-electron chi connectivity index (χ0n) is 12.4. The van der Waals surface area contributed by atoms with E-state index in [1.165, 1.54) is 0 Å². The first kappa shape index (κ1) is 14.0. The zero-order valence-corrected chi connectivity index (χ0v) is 12.4. The second-order valence-electron chi connectivity index (χ2n) is 5.49. The van der Waals surface area contributed by atoms with E-state index in [2.05, 4.69) is 17.2 Å². The van der Waals surface area contributed by atoms with Gasteiger partial charge in [-0.05, 0) is 37.9 Å². The predicted octanol–water partition coefficient (Wildman–Crippen LogP) is 2.73. The van der Waals surface area contributed by atoms with Crippen LogP contribution in [0.3, 0.4) is 0 Å². The van der Waals surface area contributed by atoms with Crippen LogP contribution in [0.2, 0.25) is 0 Å². The monoisotopic (exact) mass is 283 g/mol. The van der Waals surface area contributed by atoms with Gasteiger partial charge < -0.3 is 10.2 Å². The van der Waals surface area contributed by atoms with Crippen molar-refractivity contribution in [3.8, 4) is 0 Å². The van der Waals surface area contributed by atoms with Gasteiger partial charge in [0.15, 0.2) is 0 Å². The molecule has 0 saturated carbocycles. The van der Waals surface area contributed by atoms with Crippen LogP contribution < -0.4 is 10.2 Å². The van der Waals surface area contributed by atoms with E-state index in [9.17, 15) is 4.79 Å². The van der Waals surface area contributed by atoms with Gasteiger partial charge in [0.05, 0.1) is 17.2 Å². The van der Waals surface area contributed by atoms with Crippen molar-refractivity contribution in [2.75, 3.05) is 18.0 Å². The van der Waals surface area contributed by atoms with Gasteiger partial charge in [-0.15, -0.1) is 0 Å².